The highest BCUT2D eigenvalue weighted by molar-refractivity contribution is 5.49. The summed E-state index contributed by atoms with van der Waals surface area (Å²) >= 11 is 0. The van der Waals surface area contributed by atoms with Gasteiger partial charge in [-0.1, -0.05) is 6.42 Å². The summed E-state index contributed by atoms with van der Waals surface area (Å²) in [6, 6.07) is 4.26. The van der Waals surface area contributed by atoms with Gasteiger partial charge in [0.05, 0.1) is 6.61 Å². The van der Waals surface area contributed by atoms with Crippen LogP contribution in [0.3, 0.4) is 0 Å². The van der Waals surface area contributed by atoms with Crippen LogP contribution in [0.4, 0.5) is 0 Å². The monoisotopic (exact) mass is 263 g/mol. The second-order valence-electron chi connectivity index (χ2n) is 5.66. The fourth-order valence-corrected chi connectivity index (χ4v) is 3.33. The Kier molecular flexibility index (Phi) is 3.15. The first-order chi connectivity index (χ1) is 9.20. The Morgan fingerprint density at radius 3 is 2.53 bits per heavy atom. The van der Waals surface area contributed by atoms with Crippen LogP contribution in [0.1, 0.15) is 36.4 Å². The normalized spacial score (nSPS) is 21.0. The zero-order valence-electron chi connectivity index (χ0n) is 11.5. The maximum absolute atomic E-state index is 9.79. The van der Waals surface area contributed by atoms with Crippen molar-refractivity contribution in [3.63, 3.8) is 0 Å². The van der Waals surface area contributed by atoms with E-state index in [1.165, 1.54) is 17.5 Å². The number of aryl methyl sites for hydroxylation is 1. The molecule has 0 aromatic heterocycles. The zero-order chi connectivity index (χ0) is 13.5. The number of nitrogens with one attached hydrogen (secondary N) is 1. The molecular formula is C15H21NO3. The summed E-state index contributed by atoms with van der Waals surface area (Å²) in [4.78, 5) is 0. The molecule has 1 aliphatic carbocycles. The summed E-state index contributed by atoms with van der Waals surface area (Å²) in [7, 11) is 1.96. The third-order valence-corrected chi connectivity index (χ3v) is 4.64. The first kappa shape index (κ1) is 12.8. The Balaban J connectivity index is 2.00. The van der Waals surface area contributed by atoms with Crippen molar-refractivity contribution in [2.75, 3.05) is 20.4 Å². The predicted molar refractivity (Wildman–Crippen MR) is 72.5 cm³/mol. The fraction of sp³-hybridized carbons (Fsp3) is 0.600. The molecule has 4 heteroatoms. The summed E-state index contributed by atoms with van der Waals surface area (Å²) in [6.45, 7) is 2.62. The Labute approximate surface area is 113 Å². The van der Waals surface area contributed by atoms with Crippen LogP contribution >= 0.6 is 0 Å². The van der Waals surface area contributed by atoms with Crippen LogP contribution in [-0.4, -0.2) is 25.6 Å². The van der Waals surface area contributed by atoms with Gasteiger partial charge < -0.3 is 19.9 Å². The van der Waals surface area contributed by atoms with Crippen LogP contribution in [0.15, 0.2) is 12.1 Å². The first-order valence-electron chi connectivity index (χ1n) is 6.88. The maximum Gasteiger partial charge on any atom is 0.231 e. The second-order valence-corrected chi connectivity index (χ2v) is 5.66. The van der Waals surface area contributed by atoms with Crippen molar-refractivity contribution in [1.29, 1.82) is 0 Å². The standard InChI is InChI=1S/C15H21NO3/c1-10-6-12-13(19-9-18-12)7-11(10)14(16-2)15(8-17)4-3-5-15/h6-7,14,16-17H,3-5,8-9H2,1-2H3. The molecule has 4 nitrogen and oxygen atoms in total. The highest BCUT2D eigenvalue weighted by atomic mass is 16.7. The first-order valence-corrected chi connectivity index (χ1v) is 6.88. The molecule has 1 saturated carbocycles. The largest absolute Gasteiger partial charge is 0.454 e. The molecule has 2 aliphatic rings. The smallest absolute Gasteiger partial charge is 0.231 e. The number of rotatable bonds is 4. The molecule has 0 saturated heterocycles. The molecule has 0 bridgehead atoms. The summed E-state index contributed by atoms with van der Waals surface area (Å²) in [5.41, 5.74) is 2.37. The number of benzene rings is 1. The zero-order valence-corrected chi connectivity index (χ0v) is 11.5. The van der Waals surface area contributed by atoms with E-state index in [4.69, 9.17) is 9.47 Å². The minimum Gasteiger partial charge on any atom is -0.454 e. The Morgan fingerprint density at radius 1 is 1.32 bits per heavy atom. The van der Waals surface area contributed by atoms with Crippen LogP contribution in [0.5, 0.6) is 11.5 Å². The molecule has 1 aromatic rings. The van der Waals surface area contributed by atoms with Crippen molar-refractivity contribution < 1.29 is 14.6 Å². The van der Waals surface area contributed by atoms with Crippen LogP contribution in [0.25, 0.3) is 0 Å². The van der Waals surface area contributed by atoms with Crippen LogP contribution < -0.4 is 14.8 Å². The van der Waals surface area contributed by atoms with Crippen molar-refractivity contribution in [3.05, 3.63) is 23.3 Å². The Bertz CT molecular complexity index is 477. The van der Waals surface area contributed by atoms with Gasteiger partial charge in [0.2, 0.25) is 6.79 Å². The molecule has 1 heterocycles. The van der Waals surface area contributed by atoms with Gasteiger partial charge in [-0.2, -0.15) is 0 Å². The molecule has 1 fully saturated rings. The van der Waals surface area contributed by atoms with Crippen LogP contribution in [0, 0.1) is 12.3 Å². The molecule has 0 radical (unpaired) electrons. The molecule has 1 atom stereocenters. The van der Waals surface area contributed by atoms with Gasteiger partial charge in [-0.15, -0.1) is 0 Å². The van der Waals surface area contributed by atoms with Gasteiger partial charge in [-0.3, -0.25) is 0 Å². The fourth-order valence-electron chi connectivity index (χ4n) is 3.33. The van der Waals surface area contributed by atoms with Gasteiger partial charge in [0.25, 0.3) is 0 Å². The quantitative estimate of drug-likeness (QED) is 0.874. The molecule has 104 valence electrons. The van der Waals surface area contributed by atoms with Gasteiger partial charge in [0, 0.05) is 11.5 Å². The number of ether oxygens (including phenoxy) is 2. The van der Waals surface area contributed by atoms with Gasteiger partial charge in [0.1, 0.15) is 0 Å². The lowest BCUT2D eigenvalue weighted by Crippen LogP contribution is -2.45. The second kappa shape index (κ2) is 4.69. The van der Waals surface area contributed by atoms with Crippen molar-refractivity contribution >= 4 is 0 Å². The molecule has 19 heavy (non-hydrogen) atoms. The van der Waals surface area contributed by atoms with E-state index in [1.807, 2.05) is 13.1 Å². The lowest BCUT2D eigenvalue weighted by Gasteiger charge is -2.47. The van der Waals surface area contributed by atoms with Crippen molar-refractivity contribution in [2.45, 2.75) is 32.2 Å². The highest BCUT2D eigenvalue weighted by Gasteiger charge is 2.44. The van der Waals surface area contributed by atoms with Gasteiger partial charge in [-0.25, -0.2) is 0 Å². The number of hydrogen-bond acceptors (Lipinski definition) is 4. The predicted octanol–water partition coefficient (Wildman–Crippen LogP) is 2.15. The van der Waals surface area contributed by atoms with Crippen molar-refractivity contribution in [2.24, 2.45) is 5.41 Å². The third-order valence-electron chi connectivity index (χ3n) is 4.64. The topological polar surface area (TPSA) is 50.7 Å². The van der Waals surface area contributed by atoms with E-state index in [2.05, 4.69) is 18.3 Å². The van der Waals surface area contributed by atoms with Crippen molar-refractivity contribution in [3.8, 4) is 11.5 Å². The molecule has 1 aliphatic heterocycles. The van der Waals surface area contributed by atoms with Crippen LogP contribution in [-0.2, 0) is 0 Å². The highest BCUT2D eigenvalue weighted by Crippen LogP contribution is 2.51. The third kappa shape index (κ3) is 1.90. The average molecular weight is 263 g/mol. The van der Waals surface area contributed by atoms with E-state index in [0.29, 0.717) is 6.79 Å². The van der Waals surface area contributed by atoms with Crippen molar-refractivity contribution in [1.82, 2.24) is 5.32 Å². The number of hydrogen-bond donors (Lipinski definition) is 2. The molecular weight excluding hydrogens is 242 g/mol. The lowest BCUT2D eigenvalue weighted by molar-refractivity contribution is 0.00759. The van der Waals surface area contributed by atoms with E-state index in [9.17, 15) is 5.11 Å². The Hall–Kier alpha value is -1.26. The van der Waals surface area contributed by atoms with Gasteiger partial charge >= 0.3 is 0 Å². The van der Waals surface area contributed by atoms with E-state index in [-0.39, 0.29) is 18.1 Å². The van der Waals surface area contributed by atoms with Crippen LogP contribution in [0.2, 0.25) is 0 Å². The van der Waals surface area contributed by atoms with E-state index < -0.39 is 0 Å². The minimum atomic E-state index is -0.0206. The average Bonchev–Trinajstić information content (AvgIpc) is 2.80. The SMILES string of the molecule is CNC(c1cc2c(cc1C)OCO2)C1(CO)CCC1. The molecule has 3 rings (SSSR count). The van der Waals surface area contributed by atoms with E-state index >= 15 is 0 Å². The summed E-state index contributed by atoms with van der Waals surface area (Å²) in [5, 5.41) is 13.2. The number of fused-ring (bicyclic) bond motifs is 1. The molecule has 0 spiro atoms. The molecule has 2 N–H and O–H groups in total. The number of aliphatic hydroxyl groups is 1. The summed E-state index contributed by atoms with van der Waals surface area (Å²) in [6.07, 6.45) is 3.34. The van der Waals surface area contributed by atoms with Gasteiger partial charge in [-0.05, 0) is 50.1 Å². The Morgan fingerprint density at radius 2 is 2.00 bits per heavy atom. The van der Waals surface area contributed by atoms with E-state index in [1.54, 1.807) is 0 Å². The summed E-state index contributed by atoms with van der Waals surface area (Å²) < 4.78 is 10.9. The number of aliphatic hydroxyl groups excluding tert-OH is 1. The summed E-state index contributed by atoms with van der Waals surface area (Å²) in [5.74, 6) is 1.64. The molecule has 1 unspecified atom stereocenters. The molecule has 1 aromatic carbocycles. The molecule has 0 amide bonds. The van der Waals surface area contributed by atoms with Gasteiger partial charge in [0.15, 0.2) is 11.5 Å². The minimum absolute atomic E-state index is 0.0206. The lowest BCUT2D eigenvalue weighted by atomic mass is 9.62. The van der Waals surface area contributed by atoms with E-state index in [0.717, 1.165) is 24.3 Å². The maximum atomic E-state index is 9.79.